The van der Waals surface area contributed by atoms with Crippen molar-refractivity contribution in [1.82, 2.24) is 10.3 Å². The fraction of sp³-hybridized carbons (Fsp3) is 0.278. The van der Waals surface area contributed by atoms with E-state index < -0.39 is 5.91 Å². The van der Waals surface area contributed by atoms with Gasteiger partial charge in [-0.25, -0.2) is 4.79 Å². The van der Waals surface area contributed by atoms with Crippen molar-refractivity contribution in [3.8, 4) is 0 Å². The minimum atomic E-state index is -0.481. The number of carbonyl (C=O) groups excluding carboxylic acids is 2. The molecule has 0 atom stereocenters. The summed E-state index contributed by atoms with van der Waals surface area (Å²) in [6, 6.07) is 11.0. The summed E-state index contributed by atoms with van der Waals surface area (Å²) in [7, 11) is 0. The molecule has 0 radical (unpaired) electrons. The van der Waals surface area contributed by atoms with Gasteiger partial charge >= 0.3 is 6.03 Å². The second-order valence-electron chi connectivity index (χ2n) is 5.98. The average Bonchev–Trinajstić information content (AvgIpc) is 2.63. The highest BCUT2D eigenvalue weighted by Crippen LogP contribution is 2.23. The van der Waals surface area contributed by atoms with Gasteiger partial charge < -0.3 is 21.3 Å². The molecule has 1 aliphatic heterocycles. The molecule has 0 unspecified atom stereocenters. The number of rotatable bonds is 4. The number of amides is 3. The number of urea groups is 1. The van der Waals surface area contributed by atoms with Crippen LogP contribution in [-0.2, 0) is 0 Å². The Labute approximate surface area is 146 Å². The molecule has 1 aromatic carbocycles. The molecule has 1 aliphatic rings. The van der Waals surface area contributed by atoms with Gasteiger partial charge in [-0.2, -0.15) is 0 Å². The van der Waals surface area contributed by atoms with Gasteiger partial charge in [0.1, 0.15) is 0 Å². The second kappa shape index (κ2) is 7.65. The molecule has 0 aliphatic carbocycles. The van der Waals surface area contributed by atoms with Gasteiger partial charge in [0.2, 0.25) is 0 Å². The third-order valence-corrected chi connectivity index (χ3v) is 4.27. The quantitative estimate of drug-likeness (QED) is 0.793. The van der Waals surface area contributed by atoms with E-state index >= 15 is 0 Å². The number of benzene rings is 1. The van der Waals surface area contributed by atoms with E-state index in [1.165, 1.54) is 6.20 Å². The zero-order chi connectivity index (χ0) is 17.6. The van der Waals surface area contributed by atoms with Crippen LogP contribution in [0.15, 0.2) is 48.8 Å². The maximum absolute atomic E-state index is 12.1. The standard InChI is InChI=1S/C18H21N5O2/c19-17(24)15-12-20-9-6-16(15)23-10-7-14(8-11-23)22-18(25)21-13-4-2-1-3-5-13/h1-6,9,12,14H,7-8,10-11H2,(H2,19,24)(H2,21,22,25). The third-order valence-electron chi connectivity index (χ3n) is 4.27. The largest absolute Gasteiger partial charge is 0.371 e. The highest BCUT2D eigenvalue weighted by Gasteiger charge is 2.23. The van der Waals surface area contributed by atoms with Crippen LogP contribution in [0.2, 0.25) is 0 Å². The molecule has 2 aromatic rings. The van der Waals surface area contributed by atoms with Crippen LogP contribution in [0.5, 0.6) is 0 Å². The first-order chi connectivity index (χ1) is 12.1. The number of nitrogens with one attached hydrogen (secondary N) is 2. The number of para-hydroxylation sites is 1. The number of primary amides is 1. The van der Waals surface area contributed by atoms with Gasteiger partial charge in [0.15, 0.2) is 0 Å². The molecular formula is C18H21N5O2. The van der Waals surface area contributed by atoms with Crippen molar-refractivity contribution in [3.05, 3.63) is 54.4 Å². The van der Waals surface area contributed by atoms with Gasteiger partial charge in [0.05, 0.1) is 11.3 Å². The van der Waals surface area contributed by atoms with E-state index in [1.807, 2.05) is 30.3 Å². The third kappa shape index (κ3) is 4.26. The lowest BCUT2D eigenvalue weighted by Gasteiger charge is -2.34. The van der Waals surface area contributed by atoms with Gasteiger partial charge in [-0.1, -0.05) is 18.2 Å². The molecule has 1 saturated heterocycles. The van der Waals surface area contributed by atoms with Crippen LogP contribution in [0.1, 0.15) is 23.2 Å². The van der Waals surface area contributed by atoms with Gasteiger partial charge in [0.25, 0.3) is 5.91 Å². The molecule has 1 aromatic heterocycles. The van der Waals surface area contributed by atoms with E-state index in [4.69, 9.17) is 5.73 Å². The lowest BCUT2D eigenvalue weighted by molar-refractivity contribution is 0.100. The maximum Gasteiger partial charge on any atom is 0.319 e. The Morgan fingerprint density at radius 3 is 2.52 bits per heavy atom. The number of hydrogen-bond donors (Lipinski definition) is 3. The first kappa shape index (κ1) is 16.8. The molecule has 3 rings (SSSR count). The number of nitrogens with zero attached hydrogens (tertiary/aromatic N) is 2. The lowest BCUT2D eigenvalue weighted by atomic mass is 10.0. The Kier molecular flexibility index (Phi) is 5.13. The van der Waals surface area contributed by atoms with Crippen molar-refractivity contribution >= 4 is 23.3 Å². The molecule has 3 amide bonds. The van der Waals surface area contributed by atoms with Crippen molar-refractivity contribution in [3.63, 3.8) is 0 Å². The Hall–Kier alpha value is -3.09. The normalized spacial score (nSPS) is 14.8. The Bertz CT molecular complexity index is 742. The average molecular weight is 339 g/mol. The number of carbonyl (C=O) groups is 2. The highest BCUT2D eigenvalue weighted by molar-refractivity contribution is 5.98. The summed E-state index contributed by atoms with van der Waals surface area (Å²) in [6.07, 6.45) is 4.74. The number of piperidine rings is 1. The number of nitrogens with two attached hydrogens (primary N) is 1. The van der Waals surface area contributed by atoms with Gasteiger partial charge in [-0.15, -0.1) is 0 Å². The molecule has 25 heavy (non-hydrogen) atoms. The van der Waals surface area contributed by atoms with Crippen molar-refractivity contribution in [1.29, 1.82) is 0 Å². The fourth-order valence-electron chi connectivity index (χ4n) is 2.99. The summed E-state index contributed by atoms with van der Waals surface area (Å²) in [5.41, 5.74) is 7.41. The molecule has 130 valence electrons. The van der Waals surface area contributed by atoms with E-state index in [0.29, 0.717) is 5.56 Å². The molecule has 7 heteroatoms. The Morgan fingerprint density at radius 2 is 1.84 bits per heavy atom. The van der Waals surface area contributed by atoms with Gasteiger partial charge in [0, 0.05) is 37.2 Å². The minimum Gasteiger partial charge on any atom is -0.371 e. The van der Waals surface area contributed by atoms with Crippen molar-refractivity contribution in [2.75, 3.05) is 23.3 Å². The summed E-state index contributed by atoms with van der Waals surface area (Å²) in [5.74, 6) is -0.481. The molecule has 0 bridgehead atoms. The molecular weight excluding hydrogens is 318 g/mol. The second-order valence-corrected chi connectivity index (χ2v) is 5.98. The lowest BCUT2D eigenvalue weighted by Crippen LogP contribution is -2.46. The molecule has 0 saturated carbocycles. The number of anilines is 2. The predicted molar refractivity (Wildman–Crippen MR) is 96.6 cm³/mol. The van der Waals surface area contributed by atoms with Crippen molar-refractivity contribution in [2.24, 2.45) is 5.73 Å². The molecule has 0 spiro atoms. The van der Waals surface area contributed by atoms with Gasteiger partial charge in [-0.05, 0) is 31.0 Å². The van der Waals surface area contributed by atoms with E-state index in [-0.39, 0.29) is 12.1 Å². The van der Waals surface area contributed by atoms with Crippen LogP contribution in [-0.4, -0.2) is 36.1 Å². The summed E-state index contributed by atoms with van der Waals surface area (Å²) in [5, 5.41) is 5.82. The minimum absolute atomic E-state index is 0.0961. The highest BCUT2D eigenvalue weighted by atomic mass is 16.2. The topological polar surface area (TPSA) is 100 Å². The Balaban J connectivity index is 1.54. The zero-order valence-electron chi connectivity index (χ0n) is 13.8. The van der Waals surface area contributed by atoms with Crippen LogP contribution in [0.25, 0.3) is 0 Å². The summed E-state index contributed by atoms with van der Waals surface area (Å²) in [6.45, 7) is 1.47. The van der Waals surface area contributed by atoms with E-state index in [0.717, 1.165) is 37.3 Å². The molecule has 7 nitrogen and oxygen atoms in total. The van der Waals surface area contributed by atoms with E-state index in [1.54, 1.807) is 12.3 Å². The molecule has 1 fully saturated rings. The van der Waals surface area contributed by atoms with E-state index in [2.05, 4.69) is 20.5 Å². The van der Waals surface area contributed by atoms with Crippen molar-refractivity contribution < 1.29 is 9.59 Å². The van der Waals surface area contributed by atoms with Crippen LogP contribution in [0.4, 0.5) is 16.2 Å². The first-order valence-corrected chi connectivity index (χ1v) is 8.25. The smallest absolute Gasteiger partial charge is 0.319 e. The van der Waals surface area contributed by atoms with Crippen LogP contribution in [0.3, 0.4) is 0 Å². The predicted octanol–water partition coefficient (Wildman–Crippen LogP) is 1.97. The van der Waals surface area contributed by atoms with Gasteiger partial charge in [-0.3, -0.25) is 9.78 Å². The molecule has 4 N–H and O–H groups in total. The number of pyridine rings is 1. The fourth-order valence-corrected chi connectivity index (χ4v) is 2.99. The monoisotopic (exact) mass is 339 g/mol. The zero-order valence-corrected chi connectivity index (χ0v) is 13.8. The van der Waals surface area contributed by atoms with Crippen LogP contribution < -0.4 is 21.3 Å². The van der Waals surface area contributed by atoms with Crippen LogP contribution >= 0.6 is 0 Å². The maximum atomic E-state index is 12.1. The first-order valence-electron chi connectivity index (χ1n) is 8.25. The Morgan fingerprint density at radius 1 is 1.12 bits per heavy atom. The summed E-state index contributed by atoms with van der Waals surface area (Å²) in [4.78, 5) is 29.7. The molecule has 2 heterocycles. The number of aromatic nitrogens is 1. The van der Waals surface area contributed by atoms with E-state index in [9.17, 15) is 9.59 Å². The number of hydrogen-bond acceptors (Lipinski definition) is 4. The van der Waals surface area contributed by atoms with Crippen LogP contribution in [0, 0.1) is 0 Å². The SMILES string of the molecule is NC(=O)c1cnccc1N1CCC(NC(=O)Nc2ccccc2)CC1. The summed E-state index contributed by atoms with van der Waals surface area (Å²) < 4.78 is 0. The van der Waals surface area contributed by atoms with Crippen molar-refractivity contribution in [2.45, 2.75) is 18.9 Å². The summed E-state index contributed by atoms with van der Waals surface area (Å²) >= 11 is 0.